The molecule has 4 nitrogen and oxygen atoms in total. The summed E-state index contributed by atoms with van der Waals surface area (Å²) in [5.41, 5.74) is 1.29. The molecule has 0 spiro atoms. The van der Waals surface area contributed by atoms with Crippen molar-refractivity contribution in [1.82, 2.24) is 4.72 Å². The molecule has 0 aliphatic heterocycles. The van der Waals surface area contributed by atoms with Gasteiger partial charge in [-0.3, -0.25) is 0 Å². The summed E-state index contributed by atoms with van der Waals surface area (Å²) in [6.07, 6.45) is -0.355. The van der Waals surface area contributed by atoms with Crippen molar-refractivity contribution in [2.24, 2.45) is 0 Å². The van der Waals surface area contributed by atoms with Crippen LogP contribution in [-0.4, -0.2) is 22.1 Å². The third-order valence-corrected chi connectivity index (χ3v) is 5.37. The Labute approximate surface area is 127 Å². The molecule has 2 aromatic rings. The summed E-state index contributed by atoms with van der Waals surface area (Å²) >= 11 is 1.52. The number of halogens is 1. The Bertz CT molecular complexity index is 699. The second-order valence-electron chi connectivity index (χ2n) is 4.54. The highest BCUT2D eigenvalue weighted by Crippen LogP contribution is 2.20. The number of hydrogen-bond donors (Lipinski definition) is 1. The number of ether oxygens (including phenoxy) is 1. The summed E-state index contributed by atoms with van der Waals surface area (Å²) in [5, 5.41) is 3.81. The Kier molecular flexibility index (Phi) is 5.10. The Morgan fingerprint density at radius 3 is 2.71 bits per heavy atom. The number of nitrogens with one attached hydrogen (secondary N) is 1. The van der Waals surface area contributed by atoms with Gasteiger partial charge in [0.2, 0.25) is 10.0 Å². The van der Waals surface area contributed by atoms with Crippen LogP contribution in [0.4, 0.5) is 4.39 Å². The van der Waals surface area contributed by atoms with Crippen molar-refractivity contribution >= 4 is 21.4 Å². The molecular formula is C14H16FNO3S2. The first-order valence-corrected chi connectivity index (χ1v) is 8.67. The molecule has 7 heteroatoms. The number of rotatable bonds is 6. The van der Waals surface area contributed by atoms with Gasteiger partial charge in [-0.05, 0) is 53.1 Å². The van der Waals surface area contributed by atoms with Gasteiger partial charge >= 0.3 is 0 Å². The first-order chi connectivity index (χ1) is 9.94. The number of benzene rings is 1. The zero-order valence-corrected chi connectivity index (χ0v) is 13.3. The van der Waals surface area contributed by atoms with E-state index in [0.717, 1.165) is 11.6 Å². The maximum absolute atomic E-state index is 13.1. The number of sulfonamides is 1. The third kappa shape index (κ3) is 3.88. The topological polar surface area (TPSA) is 55.4 Å². The molecule has 1 aromatic heterocycles. The van der Waals surface area contributed by atoms with Crippen LogP contribution in [-0.2, 0) is 14.8 Å². The molecule has 0 aliphatic carbocycles. The SMILES string of the molecule is CO[C@@H](CNS(=O)(=O)c1ccc(F)cc1C)c1ccsc1. The van der Waals surface area contributed by atoms with E-state index in [9.17, 15) is 12.8 Å². The van der Waals surface area contributed by atoms with E-state index < -0.39 is 15.8 Å². The van der Waals surface area contributed by atoms with Crippen LogP contribution in [0.1, 0.15) is 17.2 Å². The largest absolute Gasteiger partial charge is 0.375 e. The van der Waals surface area contributed by atoms with E-state index in [4.69, 9.17) is 4.74 Å². The first kappa shape index (κ1) is 16.1. The predicted molar refractivity (Wildman–Crippen MR) is 80.4 cm³/mol. The third-order valence-electron chi connectivity index (χ3n) is 3.08. The van der Waals surface area contributed by atoms with Gasteiger partial charge in [0.1, 0.15) is 5.82 Å². The Morgan fingerprint density at radius 1 is 1.38 bits per heavy atom. The summed E-state index contributed by atoms with van der Waals surface area (Å²) in [6.45, 7) is 1.68. The highest BCUT2D eigenvalue weighted by Gasteiger charge is 2.20. The highest BCUT2D eigenvalue weighted by molar-refractivity contribution is 7.89. The molecule has 1 atom stereocenters. The van der Waals surface area contributed by atoms with Crippen molar-refractivity contribution in [3.05, 3.63) is 52.0 Å². The van der Waals surface area contributed by atoms with Crippen molar-refractivity contribution in [2.75, 3.05) is 13.7 Å². The lowest BCUT2D eigenvalue weighted by atomic mass is 10.2. The van der Waals surface area contributed by atoms with Gasteiger partial charge in [-0.25, -0.2) is 17.5 Å². The van der Waals surface area contributed by atoms with Crippen LogP contribution in [0.15, 0.2) is 39.9 Å². The molecule has 0 bridgehead atoms. The van der Waals surface area contributed by atoms with Gasteiger partial charge in [0.25, 0.3) is 0 Å². The molecule has 0 amide bonds. The molecule has 1 heterocycles. The number of thiophene rings is 1. The van der Waals surface area contributed by atoms with Gasteiger partial charge in [-0.15, -0.1) is 0 Å². The maximum Gasteiger partial charge on any atom is 0.240 e. The summed E-state index contributed by atoms with van der Waals surface area (Å²) in [6, 6.07) is 5.48. The van der Waals surface area contributed by atoms with Crippen LogP contribution in [0, 0.1) is 12.7 Å². The van der Waals surface area contributed by atoms with E-state index in [1.165, 1.54) is 30.6 Å². The van der Waals surface area contributed by atoms with Crippen molar-refractivity contribution in [3.8, 4) is 0 Å². The zero-order chi connectivity index (χ0) is 15.5. The average Bonchev–Trinajstić information content (AvgIpc) is 2.93. The predicted octanol–water partition coefficient (Wildman–Crippen LogP) is 2.86. The van der Waals surface area contributed by atoms with E-state index >= 15 is 0 Å². The molecule has 114 valence electrons. The summed E-state index contributed by atoms with van der Waals surface area (Å²) in [7, 11) is -2.17. The van der Waals surface area contributed by atoms with Crippen LogP contribution >= 0.6 is 11.3 Å². The van der Waals surface area contributed by atoms with Gasteiger partial charge in [0, 0.05) is 13.7 Å². The van der Waals surface area contributed by atoms with Crippen LogP contribution < -0.4 is 4.72 Å². The maximum atomic E-state index is 13.1. The zero-order valence-electron chi connectivity index (χ0n) is 11.7. The first-order valence-electron chi connectivity index (χ1n) is 6.25. The minimum absolute atomic E-state index is 0.0732. The van der Waals surface area contributed by atoms with Gasteiger partial charge < -0.3 is 4.74 Å². The number of hydrogen-bond acceptors (Lipinski definition) is 4. The summed E-state index contributed by atoms with van der Waals surface area (Å²) in [5.74, 6) is -0.459. The monoisotopic (exact) mass is 329 g/mol. The highest BCUT2D eigenvalue weighted by atomic mass is 32.2. The van der Waals surface area contributed by atoms with Crippen LogP contribution in [0.25, 0.3) is 0 Å². The Morgan fingerprint density at radius 2 is 2.14 bits per heavy atom. The smallest absolute Gasteiger partial charge is 0.240 e. The fraction of sp³-hybridized carbons (Fsp3) is 0.286. The van der Waals surface area contributed by atoms with E-state index in [2.05, 4.69) is 4.72 Å². The van der Waals surface area contributed by atoms with Gasteiger partial charge in [0.15, 0.2) is 0 Å². The molecule has 2 rings (SSSR count). The summed E-state index contributed by atoms with van der Waals surface area (Å²) < 4.78 is 45.4. The van der Waals surface area contributed by atoms with Gasteiger partial charge in [-0.2, -0.15) is 11.3 Å². The average molecular weight is 329 g/mol. The van der Waals surface area contributed by atoms with Gasteiger partial charge in [0.05, 0.1) is 11.0 Å². The fourth-order valence-corrected chi connectivity index (χ4v) is 3.93. The lowest BCUT2D eigenvalue weighted by Crippen LogP contribution is -2.29. The molecule has 0 saturated heterocycles. The van der Waals surface area contributed by atoms with Crippen LogP contribution in [0.5, 0.6) is 0 Å². The van der Waals surface area contributed by atoms with E-state index in [1.54, 1.807) is 6.92 Å². The lowest BCUT2D eigenvalue weighted by molar-refractivity contribution is 0.107. The van der Waals surface area contributed by atoms with Crippen LogP contribution in [0.2, 0.25) is 0 Å². The second-order valence-corrected chi connectivity index (χ2v) is 7.06. The van der Waals surface area contributed by atoms with Gasteiger partial charge in [-0.1, -0.05) is 0 Å². The van der Waals surface area contributed by atoms with E-state index in [0.29, 0.717) is 5.56 Å². The quantitative estimate of drug-likeness (QED) is 0.886. The minimum atomic E-state index is -3.70. The minimum Gasteiger partial charge on any atom is -0.375 e. The van der Waals surface area contributed by atoms with Crippen molar-refractivity contribution in [2.45, 2.75) is 17.9 Å². The van der Waals surface area contributed by atoms with Crippen LogP contribution in [0.3, 0.4) is 0 Å². The van der Waals surface area contributed by atoms with Crippen molar-refractivity contribution in [1.29, 1.82) is 0 Å². The standard InChI is InChI=1S/C14H16FNO3S2/c1-10-7-12(15)3-4-14(10)21(17,18)16-8-13(19-2)11-5-6-20-9-11/h3-7,9,13,16H,8H2,1-2H3/t13-/m0/s1. The molecule has 0 radical (unpaired) electrons. The lowest BCUT2D eigenvalue weighted by Gasteiger charge is -2.16. The normalized spacial score (nSPS) is 13.3. The second kappa shape index (κ2) is 6.65. The molecular weight excluding hydrogens is 313 g/mol. The number of aryl methyl sites for hydroxylation is 1. The van der Waals surface area contributed by atoms with E-state index in [1.807, 2.05) is 16.8 Å². The molecule has 1 aromatic carbocycles. The molecule has 0 fully saturated rings. The number of methoxy groups -OCH3 is 1. The van der Waals surface area contributed by atoms with Crippen molar-refractivity contribution in [3.63, 3.8) is 0 Å². The Balaban J connectivity index is 2.14. The Hall–Kier alpha value is -1.28. The summed E-state index contributed by atoms with van der Waals surface area (Å²) in [4.78, 5) is 0.0732. The fourth-order valence-electron chi connectivity index (χ4n) is 1.97. The molecule has 0 saturated carbocycles. The molecule has 1 N–H and O–H groups in total. The molecule has 0 unspecified atom stereocenters. The van der Waals surface area contributed by atoms with E-state index in [-0.39, 0.29) is 17.5 Å². The molecule has 0 aliphatic rings. The van der Waals surface area contributed by atoms with Crippen molar-refractivity contribution < 1.29 is 17.5 Å². The molecule has 21 heavy (non-hydrogen) atoms.